The van der Waals surface area contributed by atoms with Crippen LogP contribution in [0.2, 0.25) is 0 Å². The first-order chi connectivity index (χ1) is 7.98. The van der Waals surface area contributed by atoms with Crippen LogP contribution < -0.4 is 0 Å². The summed E-state index contributed by atoms with van der Waals surface area (Å²) in [5.41, 5.74) is -0.645. The van der Waals surface area contributed by atoms with E-state index >= 15 is 0 Å². The molecular formula is C11H20O5S. The van der Waals surface area contributed by atoms with Gasteiger partial charge in [0.25, 0.3) is 10.1 Å². The van der Waals surface area contributed by atoms with Gasteiger partial charge in [-0.15, -0.1) is 0 Å². The summed E-state index contributed by atoms with van der Waals surface area (Å²) in [6.07, 6.45) is 1.97. The molecule has 4 unspecified atom stereocenters. The summed E-state index contributed by atoms with van der Waals surface area (Å²) in [4.78, 5) is 0. The van der Waals surface area contributed by atoms with E-state index in [1.165, 1.54) is 0 Å². The predicted molar refractivity (Wildman–Crippen MR) is 61.8 cm³/mol. The molecule has 17 heavy (non-hydrogen) atoms. The van der Waals surface area contributed by atoms with E-state index in [0.29, 0.717) is 19.3 Å². The van der Waals surface area contributed by atoms with Gasteiger partial charge in [-0.2, -0.15) is 8.42 Å². The Morgan fingerprint density at radius 3 is 2.71 bits per heavy atom. The minimum atomic E-state index is -3.59. The number of hydrogen-bond donors (Lipinski definition) is 2. The normalized spacial score (nSPS) is 43.8. The van der Waals surface area contributed by atoms with E-state index in [-0.39, 0.29) is 25.2 Å². The van der Waals surface area contributed by atoms with Crippen molar-refractivity contribution in [2.45, 2.75) is 44.0 Å². The molecule has 2 N–H and O–H groups in total. The van der Waals surface area contributed by atoms with Gasteiger partial charge in [0.1, 0.15) is 0 Å². The highest BCUT2D eigenvalue weighted by molar-refractivity contribution is 7.87. The van der Waals surface area contributed by atoms with Gasteiger partial charge in [-0.05, 0) is 31.6 Å². The maximum Gasteiger partial charge on any atom is 0.271 e. The zero-order valence-electron chi connectivity index (χ0n) is 10.0. The van der Waals surface area contributed by atoms with Gasteiger partial charge < -0.3 is 10.2 Å². The topological polar surface area (TPSA) is 83.8 Å². The molecule has 0 bridgehead atoms. The van der Waals surface area contributed by atoms with Gasteiger partial charge >= 0.3 is 0 Å². The molecule has 0 amide bonds. The van der Waals surface area contributed by atoms with Crippen molar-refractivity contribution in [1.82, 2.24) is 0 Å². The van der Waals surface area contributed by atoms with E-state index in [9.17, 15) is 13.5 Å². The van der Waals surface area contributed by atoms with Crippen LogP contribution in [-0.4, -0.2) is 43.2 Å². The Hall–Kier alpha value is -0.170. The lowest BCUT2D eigenvalue weighted by Gasteiger charge is -2.30. The summed E-state index contributed by atoms with van der Waals surface area (Å²) in [5.74, 6) is 0.163. The Bertz CT molecular complexity index is 379. The molecule has 4 atom stereocenters. The molecule has 1 saturated carbocycles. The molecule has 1 aliphatic carbocycles. The fourth-order valence-corrected chi connectivity index (χ4v) is 5.53. The summed E-state index contributed by atoms with van der Waals surface area (Å²) in [5, 5.41) is 17.8. The van der Waals surface area contributed by atoms with Crippen LogP contribution in [0.15, 0.2) is 0 Å². The molecule has 0 spiro atoms. The molecule has 0 aromatic rings. The number of rotatable bonds is 4. The van der Waals surface area contributed by atoms with Gasteiger partial charge in [0.2, 0.25) is 0 Å². The summed E-state index contributed by atoms with van der Waals surface area (Å²) < 4.78 is 29.2. The van der Waals surface area contributed by atoms with Crippen molar-refractivity contribution in [3.8, 4) is 0 Å². The van der Waals surface area contributed by atoms with Gasteiger partial charge in [0, 0.05) is 12.0 Å². The van der Waals surface area contributed by atoms with Crippen molar-refractivity contribution < 1.29 is 22.8 Å². The first-order valence-electron chi connectivity index (χ1n) is 6.12. The van der Waals surface area contributed by atoms with Gasteiger partial charge in [0.05, 0.1) is 18.0 Å². The largest absolute Gasteiger partial charge is 0.396 e. The summed E-state index contributed by atoms with van der Waals surface area (Å²) >= 11 is 0. The molecule has 2 rings (SSSR count). The number of aliphatic hydroxyl groups excluding tert-OH is 2. The number of hydrogen-bond acceptors (Lipinski definition) is 5. The van der Waals surface area contributed by atoms with Crippen LogP contribution in [0.25, 0.3) is 0 Å². The van der Waals surface area contributed by atoms with Crippen LogP contribution in [0, 0.1) is 11.3 Å². The second-order valence-corrected chi connectivity index (χ2v) is 7.02. The van der Waals surface area contributed by atoms with E-state index < -0.39 is 20.8 Å². The van der Waals surface area contributed by atoms with Crippen molar-refractivity contribution in [2.24, 2.45) is 11.3 Å². The highest BCUT2D eigenvalue weighted by Gasteiger charge is 2.63. The van der Waals surface area contributed by atoms with E-state index in [1.54, 1.807) is 0 Å². The van der Waals surface area contributed by atoms with Crippen LogP contribution >= 0.6 is 0 Å². The quantitative estimate of drug-likeness (QED) is 0.712. The minimum absolute atomic E-state index is 0.0340. The SMILES string of the molecule is CC1CCC2(CO)C1OS(=O)(=O)C2CCCO. The van der Waals surface area contributed by atoms with Crippen LogP contribution in [0.1, 0.15) is 32.6 Å². The Labute approximate surface area is 102 Å². The first-order valence-corrected chi connectivity index (χ1v) is 7.59. The third-order valence-electron chi connectivity index (χ3n) is 4.29. The Balaban J connectivity index is 2.32. The van der Waals surface area contributed by atoms with Crippen LogP contribution in [0.3, 0.4) is 0 Å². The summed E-state index contributed by atoms with van der Waals surface area (Å²) in [7, 11) is -3.59. The molecule has 2 fully saturated rings. The molecule has 6 heteroatoms. The van der Waals surface area contributed by atoms with Crippen LogP contribution in [0.4, 0.5) is 0 Å². The molecule has 100 valence electrons. The van der Waals surface area contributed by atoms with Gasteiger partial charge in [-0.3, -0.25) is 4.18 Å². The Kier molecular flexibility index (Phi) is 3.51. The van der Waals surface area contributed by atoms with Crippen molar-refractivity contribution in [1.29, 1.82) is 0 Å². The summed E-state index contributed by atoms with van der Waals surface area (Å²) in [6.45, 7) is 1.77. The van der Waals surface area contributed by atoms with E-state index in [0.717, 1.165) is 6.42 Å². The second-order valence-electron chi connectivity index (χ2n) is 5.27. The Morgan fingerprint density at radius 1 is 1.41 bits per heavy atom. The van der Waals surface area contributed by atoms with Crippen LogP contribution in [-0.2, 0) is 14.3 Å². The lowest BCUT2D eigenvalue weighted by molar-refractivity contribution is 0.0388. The monoisotopic (exact) mass is 264 g/mol. The predicted octanol–water partition coefficient (Wildman–Crippen LogP) is 0.265. The standard InChI is InChI=1S/C11H20O5S/c1-8-4-5-11(7-13)9(3-2-6-12)17(14,15)16-10(8)11/h8-10,12-13H,2-7H2,1H3. The number of aliphatic hydroxyl groups is 2. The van der Waals surface area contributed by atoms with Gasteiger partial charge in [0.15, 0.2) is 0 Å². The minimum Gasteiger partial charge on any atom is -0.396 e. The van der Waals surface area contributed by atoms with Crippen molar-refractivity contribution in [3.63, 3.8) is 0 Å². The van der Waals surface area contributed by atoms with Gasteiger partial charge in [-0.1, -0.05) is 6.92 Å². The first kappa shape index (κ1) is 13.3. The molecule has 1 heterocycles. The van der Waals surface area contributed by atoms with Crippen LogP contribution in [0.5, 0.6) is 0 Å². The van der Waals surface area contributed by atoms with Crippen molar-refractivity contribution in [2.75, 3.05) is 13.2 Å². The van der Waals surface area contributed by atoms with E-state index in [4.69, 9.17) is 9.29 Å². The highest BCUT2D eigenvalue weighted by Crippen LogP contribution is 2.54. The van der Waals surface area contributed by atoms with E-state index in [1.807, 2.05) is 6.92 Å². The maximum absolute atomic E-state index is 12.0. The lowest BCUT2D eigenvalue weighted by atomic mass is 9.78. The molecule has 1 saturated heterocycles. The van der Waals surface area contributed by atoms with Crippen molar-refractivity contribution >= 4 is 10.1 Å². The molecule has 2 aliphatic rings. The molecule has 5 nitrogen and oxygen atoms in total. The lowest BCUT2D eigenvalue weighted by Crippen LogP contribution is -2.41. The van der Waals surface area contributed by atoms with E-state index in [2.05, 4.69) is 0 Å². The second kappa shape index (κ2) is 4.50. The third-order valence-corrected chi connectivity index (χ3v) is 6.17. The van der Waals surface area contributed by atoms with Gasteiger partial charge in [-0.25, -0.2) is 0 Å². The molecule has 1 aliphatic heterocycles. The molecule has 0 aromatic carbocycles. The smallest absolute Gasteiger partial charge is 0.271 e. The third kappa shape index (κ3) is 1.91. The zero-order chi connectivity index (χ0) is 12.7. The average molecular weight is 264 g/mol. The molecule has 0 radical (unpaired) electrons. The Morgan fingerprint density at radius 2 is 2.12 bits per heavy atom. The molecular weight excluding hydrogens is 244 g/mol. The molecule has 0 aromatic heterocycles. The number of fused-ring (bicyclic) bond motifs is 1. The fourth-order valence-electron chi connectivity index (χ4n) is 3.37. The van der Waals surface area contributed by atoms with Crippen molar-refractivity contribution in [3.05, 3.63) is 0 Å². The maximum atomic E-state index is 12.0. The average Bonchev–Trinajstić information content (AvgIpc) is 2.69. The highest BCUT2D eigenvalue weighted by atomic mass is 32.2. The zero-order valence-corrected chi connectivity index (χ0v) is 10.8. The fraction of sp³-hybridized carbons (Fsp3) is 1.00. The summed E-state index contributed by atoms with van der Waals surface area (Å²) in [6, 6.07) is 0.